The van der Waals surface area contributed by atoms with Gasteiger partial charge in [0, 0.05) is 36.6 Å². The van der Waals surface area contributed by atoms with Gasteiger partial charge >= 0.3 is 0 Å². The molecule has 0 bridgehead atoms. The molecule has 5 rings (SSSR count). The maximum absolute atomic E-state index is 12.0. The van der Waals surface area contributed by atoms with E-state index in [4.69, 9.17) is 28.6 Å². The zero-order valence-corrected chi connectivity index (χ0v) is 22.8. The molecule has 10 heteroatoms. The summed E-state index contributed by atoms with van der Waals surface area (Å²) in [6, 6.07) is 17.1. The highest BCUT2D eigenvalue weighted by atomic mass is 35.5. The Kier molecular flexibility index (Phi) is 7.42. The number of carbonyl (C=O) groups excluding carboxylic acids is 1. The molecule has 4 heterocycles. The molecule has 1 aliphatic rings. The molecule has 0 spiro atoms. The van der Waals surface area contributed by atoms with Crippen LogP contribution in [0.4, 0.5) is 11.4 Å². The lowest BCUT2D eigenvalue weighted by atomic mass is 9.96. The largest absolute Gasteiger partial charge is 0.375 e. The Bertz CT molecular complexity index is 1480. The second kappa shape index (κ2) is 10.9. The lowest BCUT2D eigenvalue weighted by Crippen LogP contribution is -2.29. The minimum absolute atomic E-state index is 0.0570. The summed E-state index contributed by atoms with van der Waals surface area (Å²) >= 11 is 12.5. The van der Waals surface area contributed by atoms with E-state index < -0.39 is 0 Å². The maximum Gasteiger partial charge on any atom is 0.250 e. The third kappa shape index (κ3) is 4.88. The van der Waals surface area contributed by atoms with Gasteiger partial charge in [-0.2, -0.15) is 0 Å². The molecule has 2 N–H and O–H groups in total. The number of rotatable bonds is 7. The molecule has 1 aliphatic heterocycles. The highest BCUT2D eigenvalue weighted by Gasteiger charge is 2.42. The van der Waals surface area contributed by atoms with Crippen molar-refractivity contribution in [3.05, 3.63) is 101 Å². The van der Waals surface area contributed by atoms with E-state index in [1.54, 1.807) is 18.5 Å². The predicted octanol–water partition coefficient (Wildman–Crippen LogP) is 5.30. The van der Waals surface area contributed by atoms with Gasteiger partial charge in [0.1, 0.15) is 6.61 Å². The molecule has 1 amide bonds. The van der Waals surface area contributed by atoms with Gasteiger partial charge < -0.3 is 24.8 Å². The van der Waals surface area contributed by atoms with Crippen LogP contribution >= 0.6 is 23.8 Å². The van der Waals surface area contributed by atoms with Crippen molar-refractivity contribution in [3.63, 3.8) is 0 Å². The van der Waals surface area contributed by atoms with Crippen molar-refractivity contribution >= 4 is 46.2 Å². The lowest BCUT2D eigenvalue weighted by molar-refractivity contribution is -0.119. The number of ether oxygens (including phenoxy) is 1. The van der Waals surface area contributed by atoms with Crippen molar-refractivity contribution in [1.29, 1.82) is 0 Å². The van der Waals surface area contributed by atoms with Crippen LogP contribution in [0.25, 0.3) is 5.69 Å². The average Bonchev–Trinajstić information content (AvgIpc) is 3.41. The fourth-order valence-electron chi connectivity index (χ4n) is 4.99. The van der Waals surface area contributed by atoms with Gasteiger partial charge in [-0.05, 0) is 80.2 Å². The van der Waals surface area contributed by atoms with E-state index in [2.05, 4.69) is 50.0 Å². The quantitative estimate of drug-likeness (QED) is 0.304. The summed E-state index contributed by atoms with van der Waals surface area (Å²) in [6.07, 6.45) is 5.40. The molecular formula is C28H27ClN6O2S. The van der Waals surface area contributed by atoms with E-state index in [-0.39, 0.29) is 24.6 Å². The molecule has 0 saturated carbocycles. The molecule has 1 saturated heterocycles. The first kappa shape index (κ1) is 25.8. The number of nitrogens with zero attached hydrogens (tertiary/aromatic N) is 4. The molecule has 2 atom stereocenters. The number of carbonyl (C=O) groups is 1. The number of halogens is 1. The van der Waals surface area contributed by atoms with Gasteiger partial charge in [-0.1, -0.05) is 17.7 Å². The molecule has 0 unspecified atom stereocenters. The summed E-state index contributed by atoms with van der Waals surface area (Å²) in [5, 5.41) is 7.22. The summed E-state index contributed by atoms with van der Waals surface area (Å²) in [5.74, 6) is -0.281. The topological polar surface area (TPSA) is 84.3 Å². The first-order chi connectivity index (χ1) is 18.4. The number of hydrogen-bond acceptors (Lipinski definition) is 5. The van der Waals surface area contributed by atoms with Crippen molar-refractivity contribution < 1.29 is 9.53 Å². The predicted molar refractivity (Wildman–Crippen MR) is 153 cm³/mol. The van der Waals surface area contributed by atoms with Gasteiger partial charge in [0.25, 0.3) is 0 Å². The first-order valence-electron chi connectivity index (χ1n) is 12.1. The summed E-state index contributed by atoms with van der Waals surface area (Å²) in [4.78, 5) is 23.1. The van der Waals surface area contributed by atoms with E-state index in [0.717, 1.165) is 34.0 Å². The van der Waals surface area contributed by atoms with Gasteiger partial charge in [0.15, 0.2) is 5.11 Å². The summed E-state index contributed by atoms with van der Waals surface area (Å²) < 4.78 is 7.10. The fraction of sp³-hybridized carbons (Fsp3) is 0.214. The third-order valence-electron chi connectivity index (χ3n) is 6.57. The van der Waals surface area contributed by atoms with E-state index in [0.29, 0.717) is 15.8 Å². The minimum Gasteiger partial charge on any atom is -0.375 e. The summed E-state index contributed by atoms with van der Waals surface area (Å²) in [7, 11) is 1.47. The molecule has 3 aromatic heterocycles. The molecule has 1 aromatic carbocycles. The molecule has 1 fully saturated rings. The molecule has 4 aromatic rings. The van der Waals surface area contributed by atoms with Crippen LogP contribution in [0.1, 0.15) is 34.7 Å². The van der Waals surface area contributed by atoms with Gasteiger partial charge in [-0.3, -0.25) is 14.8 Å². The van der Waals surface area contributed by atoms with Crippen molar-refractivity contribution in [2.45, 2.75) is 25.9 Å². The van der Waals surface area contributed by atoms with Crippen LogP contribution in [-0.4, -0.2) is 39.3 Å². The minimum atomic E-state index is -0.281. The monoisotopic (exact) mass is 546 g/mol. The summed E-state index contributed by atoms with van der Waals surface area (Å²) in [5.41, 5.74) is 6.42. The van der Waals surface area contributed by atoms with Crippen LogP contribution in [0, 0.1) is 13.8 Å². The Balaban J connectivity index is 1.60. The van der Waals surface area contributed by atoms with Crippen LogP contribution in [0.15, 0.2) is 73.2 Å². The zero-order chi connectivity index (χ0) is 26.8. The highest BCUT2D eigenvalue weighted by Crippen LogP contribution is 2.44. The number of nitrogens with one attached hydrogen (secondary N) is 2. The number of pyridine rings is 2. The van der Waals surface area contributed by atoms with Crippen LogP contribution in [0.2, 0.25) is 5.02 Å². The molecule has 194 valence electrons. The SMILES string of the molecule is COCC(=O)Nc1ccc(N2C(=S)N[C@@H](c3ccccn3)[C@@H]2c2cc(C)n(-c3cccnc3)c2C)cc1Cl. The van der Waals surface area contributed by atoms with Gasteiger partial charge in [0.2, 0.25) is 5.91 Å². The molecule has 0 aliphatic carbocycles. The first-order valence-corrected chi connectivity index (χ1v) is 12.9. The molecule has 8 nitrogen and oxygen atoms in total. The summed E-state index contributed by atoms with van der Waals surface area (Å²) in [6.45, 7) is 4.13. The third-order valence-corrected chi connectivity index (χ3v) is 7.20. The lowest BCUT2D eigenvalue weighted by Gasteiger charge is -2.28. The number of amides is 1. The van der Waals surface area contributed by atoms with Gasteiger partial charge in [-0.15, -0.1) is 0 Å². The number of aryl methyl sites for hydroxylation is 1. The van der Waals surface area contributed by atoms with Crippen LogP contribution in [0.5, 0.6) is 0 Å². The van der Waals surface area contributed by atoms with Crippen molar-refractivity contribution in [3.8, 4) is 5.69 Å². The number of aromatic nitrogens is 3. The number of thiocarbonyl (C=S) groups is 1. The number of hydrogen-bond donors (Lipinski definition) is 2. The van der Waals surface area contributed by atoms with Crippen LogP contribution in [0.3, 0.4) is 0 Å². The smallest absolute Gasteiger partial charge is 0.250 e. The molecule has 0 radical (unpaired) electrons. The van der Waals surface area contributed by atoms with E-state index in [9.17, 15) is 4.79 Å². The van der Waals surface area contributed by atoms with Crippen molar-refractivity contribution in [2.75, 3.05) is 23.9 Å². The van der Waals surface area contributed by atoms with E-state index in [1.807, 2.05) is 48.7 Å². The van der Waals surface area contributed by atoms with Gasteiger partial charge in [0.05, 0.1) is 40.4 Å². The Morgan fingerprint density at radius 3 is 2.66 bits per heavy atom. The second-order valence-electron chi connectivity index (χ2n) is 9.02. The second-order valence-corrected chi connectivity index (χ2v) is 9.81. The number of benzene rings is 1. The van der Waals surface area contributed by atoms with Crippen molar-refractivity contribution in [1.82, 2.24) is 19.9 Å². The van der Waals surface area contributed by atoms with Crippen LogP contribution < -0.4 is 15.5 Å². The standard InChI is InChI=1S/C28H27ClN6O2S/c1-17-13-21(18(2)34(17)20-7-6-11-30-15-20)27-26(24-8-4-5-12-31-24)33-28(38)35(27)19-9-10-23(22(29)14-19)32-25(36)16-37-3/h4-15,26-27H,16H2,1-3H3,(H,32,36)(H,33,38)/t26-,27-/m0/s1. The van der Waals surface area contributed by atoms with Crippen molar-refractivity contribution in [2.24, 2.45) is 0 Å². The van der Waals surface area contributed by atoms with Crippen LogP contribution in [-0.2, 0) is 9.53 Å². The number of anilines is 2. The Morgan fingerprint density at radius 1 is 1.13 bits per heavy atom. The Labute approximate surface area is 231 Å². The Morgan fingerprint density at radius 2 is 1.97 bits per heavy atom. The van der Waals surface area contributed by atoms with Gasteiger partial charge in [-0.25, -0.2) is 0 Å². The maximum atomic E-state index is 12.0. The Hall–Kier alpha value is -3.79. The van der Waals surface area contributed by atoms with E-state index >= 15 is 0 Å². The molecule has 38 heavy (non-hydrogen) atoms. The zero-order valence-electron chi connectivity index (χ0n) is 21.2. The number of methoxy groups -OCH3 is 1. The van der Waals surface area contributed by atoms with E-state index in [1.165, 1.54) is 7.11 Å². The highest BCUT2D eigenvalue weighted by molar-refractivity contribution is 7.80. The normalized spacial score (nSPS) is 16.9. The fourth-order valence-corrected chi connectivity index (χ4v) is 5.56. The average molecular weight is 547 g/mol. The molecular weight excluding hydrogens is 520 g/mol.